The molecule has 0 bridgehead atoms. The molecule has 38 heavy (non-hydrogen) atoms. The van der Waals surface area contributed by atoms with Crippen molar-refractivity contribution in [2.24, 2.45) is 5.92 Å². The zero-order valence-electron chi connectivity index (χ0n) is 23.1. The van der Waals surface area contributed by atoms with Crippen LogP contribution >= 0.6 is 0 Å². The highest BCUT2D eigenvalue weighted by molar-refractivity contribution is 6.00. The third kappa shape index (κ3) is 7.56. The highest BCUT2D eigenvalue weighted by Gasteiger charge is 2.31. The van der Waals surface area contributed by atoms with Gasteiger partial charge in [-0.15, -0.1) is 0 Å². The number of hydrogen-bond acceptors (Lipinski definition) is 8. The van der Waals surface area contributed by atoms with Crippen molar-refractivity contribution in [2.45, 2.75) is 66.5 Å². The maximum atomic E-state index is 13.4. The van der Waals surface area contributed by atoms with Gasteiger partial charge < -0.3 is 24.8 Å². The van der Waals surface area contributed by atoms with Crippen molar-refractivity contribution < 1.29 is 33.4 Å². The average molecular weight is 531 g/mol. The topological polar surface area (TPSA) is 138 Å². The van der Waals surface area contributed by atoms with Gasteiger partial charge in [-0.2, -0.15) is 5.10 Å². The predicted octanol–water partition coefficient (Wildman–Crippen LogP) is 2.64. The lowest BCUT2D eigenvalue weighted by Crippen LogP contribution is -2.54. The Labute approximate surface area is 223 Å². The minimum absolute atomic E-state index is 0.00602. The molecule has 0 aliphatic carbocycles. The van der Waals surface area contributed by atoms with E-state index in [-0.39, 0.29) is 32.0 Å². The molecule has 2 amide bonds. The number of carbonyl (C=O) groups excluding carboxylic acids is 4. The lowest BCUT2D eigenvalue weighted by atomic mass is 10.0. The molecule has 1 aromatic heterocycles. The Hall–Kier alpha value is -3.89. The molecule has 0 spiro atoms. The van der Waals surface area contributed by atoms with Crippen LogP contribution in [0.4, 0.5) is 0 Å². The fourth-order valence-corrected chi connectivity index (χ4v) is 4.01. The summed E-state index contributed by atoms with van der Waals surface area (Å²) in [6.45, 7) is 10.7. The van der Waals surface area contributed by atoms with Crippen molar-refractivity contribution in [2.75, 3.05) is 20.3 Å². The standard InChI is InChI=1S/C27H38N4O7/c1-8-37-22(32)15-14-19(27(35)38-9-2)28-26(34)24(16(3)4)29-25(33)23-17(5)30-31(18(23)6)20-12-10-11-13-21(20)36-7/h10-13,16,19,24H,8-9,14-15H2,1-7H3,(H,28,34)(H,29,33)/t19-,24+/m0/s1. The van der Waals surface area contributed by atoms with Gasteiger partial charge in [0.05, 0.1) is 37.3 Å². The number of benzene rings is 1. The van der Waals surface area contributed by atoms with E-state index >= 15 is 0 Å². The van der Waals surface area contributed by atoms with Crippen molar-refractivity contribution in [3.8, 4) is 11.4 Å². The number of para-hydroxylation sites is 2. The summed E-state index contributed by atoms with van der Waals surface area (Å²) in [5.74, 6) is -1.91. The monoisotopic (exact) mass is 530 g/mol. The SMILES string of the molecule is CCOC(=O)CC[C@H](NC(=O)[C@H](NC(=O)c1c(C)nn(-c2ccccc2OC)c1C)C(C)C)C(=O)OCC. The Kier molecular flexibility index (Phi) is 11.3. The zero-order valence-corrected chi connectivity index (χ0v) is 23.1. The van der Waals surface area contributed by atoms with Crippen LogP contribution in [0, 0.1) is 19.8 Å². The minimum atomic E-state index is -1.07. The van der Waals surface area contributed by atoms with Gasteiger partial charge in [-0.05, 0) is 52.2 Å². The number of esters is 2. The van der Waals surface area contributed by atoms with Crippen LogP contribution in [-0.4, -0.2) is 65.9 Å². The summed E-state index contributed by atoms with van der Waals surface area (Å²) in [4.78, 5) is 50.9. The zero-order chi connectivity index (χ0) is 28.4. The van der Waals surface area contributed by atoms with Gasteiger partial charge in [0.15, 0.2) is 0 Å². The highest BCUT2D eigenvalue weighted by Crippen LogP contribution is 2.25. The van der Waals surface area contributed by atoms with Crippen LogP contribution in [0.25, 0.3) is 5.69 Å². The Morgan fingerprint density at radius 2 is 1.66 bits per heavy atom. The first-order valence-corrected chi connectivity index (χ1v) is 12.7. The molecule has 0 saturated carbocycles. The molecule has 1 aromatic carbocycles. The van der Waals surface area contributed by atoms with Crippen LogP contribution in [0.5, 0.6) is 5.75 Å². The third-order valence-corrected chi connectivity index (χ3v) is 5.90. The summed E-state index contributed by atoms with van der Waals surface area (Å²) in [6, 6.07) is 5.28. The normalized spacial score (nSPS) is 12.4. The van der Waals surface area contributed by atoms with E-state index in [0.29, 0.717) is 28.4 Å². The Bertz CT molecular complexity index is 1140. The number of nitrogens with one attached hydrogen (secondary N) is 2. The van der Waals surface area contributed by atoms with Gasteiger partial charge in [-0.1, -0.05) is 26.0 Å². The van der Waals surface area contributed by atoms with E-state index in [1.807, 2.05) is 18.2 Å². The molecule has 2 rings (SSSR count). The van der Waals surface area contributed by atoms with Crippen molar-refractivity contribution >= 4 is 23.8 Å². The number of rotatable bonds is 13. The molecule has 11 nitrogen and oxygen atoms in total. The molecule has 11 heteroatoms. The van der Waals surface area contributed by atoms with Gasteiger partial charge in [0.2, 0.25) is 5.91 Å². The Balaban J connectivity index is 2.26. The number of nitrogens with zero attached hydrogens (tertiary/aromatic N) is 2. The van der Waals surface area contributed by atoms with Gasteiger partial charge >= 0.3 is 11.9 Å². The smallest absolute Gasteiger partial charge is 0.328 e. The van der Waals surface area contributed by atoms with E-state index in [4.69, 9.17) is 14.2 Å². The number of amides is 2. The largest absolute Gasteiger partial charge is 0.494 e. The predicted molar refractivity (Wildman–Crippen MR) is 140 cm³/mol. The van der Waals surface area contributed by atoms with E-state index in [2.05, 4.69) is 15.7 Å². The number of methoxy groups -OCH3 is 1. The van der Waals surface area contributed by atoms with Crippen molar-refractivity contribution in [1.82, 2.24) is 20.4 Å². The van der Waals surface area contributed by atoms with E-state index in [9.17, 15) is 19.2 Å². The maximum absolute atomic E-state index is 13.4. The van der Waals surface area contributed by atoms with Crippen molar-refractivity contribution in [3.05, 3.63) is 41.2 Å². The molecule has 0 aliphatic rings. The first-order chi connectivity index (χ1) is 18.0. The minimum Gasteiger partial charge on any atom is -0.494 e. The van der Waals surface area contributed by atoms with Crippen LogP contribution < -0.4 is 15.4 Å². The number of aromatic nitrogens is 2. The van der Waals surface area contributed by atoms with Crippen LogP contribution in [-0.2, 0) is 23.9 Å². The second kappa shape index (κ2) is 14.2. The van der Waals surface area contributed by atoms with E-state index in [0.717, 1.165) is 0 Å². The van der Waals surface area contributed by atoms with Gasteiger partial charge in [0, 0.05) is 6.42 Å². The summed E-state index contributed by atoms with van der Waals surface area (Å²) < 4.78 is 17.0. The molecule has 2 aromatic rings. The number of aryl methyl sites for hydroxylation is 1. The number of carbonyl (C=O) groups is 4. The number of hydrogen-bond donors (Lipinski definition) is 2. The summed E-state index contributed by atoms with van der Waals surface area (Å²) >= 11 is 0. The fraction of sp³-hybridized carbons (Fsp3) is 0.519. The van der Waals surface area contributed by atoms with Crippen LogP contribution in [0.2, 0.25) is 0 Å². The van der Waals surface area contributed by atoms with Gasteiger partial charge in [0.25, 0.3) is 5.91 Å². The van der Waals surface area contributed by atoms with Gasteiger partial charge in [0.1, 0.15) is 23.5 Å². The summed E-state index contributed by atoms with van der Waals surface area (Å²) in [6.07, 6.45) is -0.0666. The first-order valence-electron chi connectivity index (χ1n) is 12.7. The van der Waals surface area contributed by atoms with Crippen LogP contribution in [0.1, 0.15) is 62.3 Å². The van der Waals surface area contributed by atoms with Gasteiger partial charge in [-0.25, -0.2) is 9.48 Å². The first kappa shape index (κ1) is 30.3. The van der Waals surface area contributed by atoms with E-state index in [1.54, 1.807) is 59.4 Å². The van der Waals surface area contributed by atoms with Gasteiger partial charge in [-0.3, -0.25) is 14.4 Å². The molecule has 2 N–H and O–H groups in total. The Morgan fingerprint density at radius 3 is 2.26 bits per heavy atom. The van der Waals surface area contributed by atoms with Crippen LogP contribution in [0.3, 0.4) is 0 Å². The summed E-state index contributed by atoms with van der Waals surface area (Å²) in [7, 11) is 1.56. The molecule has 1 heterocycles. The quantitative estimate of drug-likeness (QED) is 0.377. The molecule has 208 valence electrons. The van der Waals surface area contributed by atoms with Crippen molar-refractivity contribution in [1.29, 1.82) is 0 Å². The molecule has 0 fully saturated rings. The summed E-state index contributed by atoms with van der Waals surface area (Å²) in [5, 5.41) is 9.95. The molecular formula is C27H38N4O7. The second-order valence-corrected chi connectivity index (χ2v) is 8.98. The third-order valence-electron chi connectivity index (χ3n) is 5.90. The lowest BCUT2D eigenvalue weighted by Gasteiger charge is -2.25. The van der Waals surface area contributed by atoms with Crippen LogP contribution in [0.15, 0.2) is 24.3 Å². The molecule has 0 unspecified atom stereocenters. The summed E-state index contributed by atoms with van der Waals surface area (Å²) in [5.41, 5.74) is 2.06. The maximum Gasteiger partial charge on any atom is 0.328 e. The van der Waals surface area contributed by atoms with E-state index in [1.165, 1.54) is 0 Å². The molecule has 2 atom stereocenters. The molecular weight excluding hydrogens is 492 g/mol. The highest BCUT2D eigenvalue weighted by atomic mass is 16.5. The lowest BCUT2D eigenvalue weighted by molar-refractivity contribution is -0.149. The number of ether oxygens (including phenoxy) is 3. The fourth-order valence-electron chi connectivity index (χ4n) is 4.01. The molecule has 0 aliphatic heterocycles. The average Bonchev–Trinajstić information content (AvgIpc) is 3.18. The van der Waals surface area contributed by atoms with E-state index < -0.39 is 35.8 Å². The molecule has 0 radical (unpaired) electrons. The second-order valence-electron chi connectivity index (χ2n) is 8.98. The Morgan fingerprint density at radius 1 is 1.00 bits per heavy atom. The van der Waals surface area contributed by atoms with Crippen molar-refractivity contribution in [3.63, 3.8) is 0 Å². The molecule has 0 saturated heterocycles.